The number of hydrogen-bond acceptors (Lipinski definition) is 2. The molecule has 2 amide bonds. The van der Waals surface area contributed by atoms with Crippen LogP contribution < -0.4 is 10.2 Å². The van der Waals surface area contributed by atoms with Crippen molar-refractivity contribution in [3.8, 4) is 11.8 Å². The van der Waals surface area contributed by atoms with Gasteiger partial charge in [-0.05, 0) is 30.2 Å². The monoisotopic (exact) mass is 304 g/mol. The molecule has 0 aromatic heterocycles. The molecule has 0 saturated heterocycles. The van der Waals surface area contributed by atoms with E-state index in [0.717, 1.165) is 23.2 Å². The van der Waals surface area contributed by atoms with Crippen LogP contribution in [0, 0.1) is 11.8 Å². The molecule has 114 valence electrons. The molecular formula is C19H16N2O2. The maximum absolute atomic E-state index is 12.2. The summed E-state index contributed by atoms with van der Waals surface area (Å²) < 4.78 is 0. The Morgan fingerprint density at radius 2 is 1.78 bits per heavy atom. The zero-order valence-corrected chi connectivity index (χ0v) is 12.6. The van der Waals surface area contributed by atoms with Crippen molar-refractivity contribution in [2.45, 2.75) is 6.42 Å². The number of anilines is 1. The first-order valence-electron chi connectivity index (χ1n) is 7.47. The van der Waals surface area contributed by atoms with Gasteiger partial charge in [0, 0.05) is 23.7 Å². The van der Waals surface area contributed by atoms with Crippen LogP contribution >= 0.6 is 0 Å². The fraction of sp³-hybridized carbons (Fsp3) is 0.158. The number of rotatable bonds is 2. The standard InChI is InChI=1S/C19H16N2O2/c22-18(11-10-15-6-2-1-3-7-15)20-14-19(23)21-13-12-16-8-4-5-9-17(16)21/h1-9H,12-14H2,(H,20,22). The van der Waals surface area contributed by atoms with Crippen LogP contribution in [-0.4, -0.2) is 24.9 Å². The summed E-state index contributed by atoms with van der Waals surface area (Å²) in [5.74, 6) is 4.69. The van der Waals surface area contributed by atoms with E-state index in [9.17, 15) is 9.59 Å². The lowest BCUT2D eigenvalue weighted by Crippen LogP contribution is -2.39. The minimum atomic E-state index is -0.449. The molecule has 0 aliphatic carbocycles. The van der Waals surface area contributed by atoms with Crippen LogP contribution in [-0.2, 0) is 16.0 Å². The SMILES string of the molecule is O=C(C#Cc1ccccc1)NCC(=O)N1CCc2ccccc21. The Kier molecular flexibility index (Phi) is 4.39. The van der Waals surface area contributed by atoms with Gasteiger partial charge in [0.15, 0.2) is 0 Å². The maximum Gasteiger partial charge on any atom is 0.296 e. The van der Waals surface area contributed by atoms with Crippen LogP contribution in [0.15, 0.2) is 54.6 Å². The number of benzene rings is 2. The van der Waals surface area contributed by atoms with Crippen LogP contribution in [0.25, 0.3) is 0 Å². The van der Waals surface area contributed by atoms with Crippen LogP contribution in [0.1, 0.15) is 11.1 Å². The fourth-order valence-electron chi connectivity index (χ4n) is 2.54. The van der Waals surface area contributed by atoms with Crippen molar-refractivity contribution < 1.29 is 9.59 Å². The first-order chi connectivity index (χ1) is 11.2. The van der Waals surface area contributed by atoms with Crippen LogP contribution in [0.4, 0.5) is 5.69 Å². The summed E-state index contributed by atoms with van der Waals surface area (Å²) in [4.78, 5) is 25.7. The predicted molar refractivity (Wildman–Crippen MR) is 88.8 cm³/mol. The Bertz CT molecular complexity index is 788. The van der Waals surface area contributed by atoms with Gasteiger partial charge < -0.3 is 10.2 Å². The Labute approximate surface area is 135 Å². The van der Waals surface area contributed by atoms with E-state index in [1.54, 1.807) is 4.90 Å². The Hall–Kier alpha value is -3.06. The van der Waals surface area contributed by atoms with Gasteiger partial charge in [0.05, 0.1) is 6.54 Å². The van der Waals surface area contributed by atoms with Gasteiger partial charge in [-0.1, -0.05) is 42.3 Å². The smallest absolute Gasteiger partial charge is 0.296 e. The summed E-state index contributed by atoms with van der Waals surface area (Å²) in [6, 6.07) is 17.1. The minimum absolute atomic E-state index is 0.0450. The molecule has 1 aliphatic rings. The van der Waals surface area contributed by atoms with Gasteiger partial charge in [-0.2, -0.15) is 0 Å². The van der Waals surface area contributed by atoms with Gasteiger partial charge in [-0.25, -0.2) is 0 Å². The summed E-state index contributed by atoms with van der Waals surface area (Å²) in [5.41, 5.74) is 2.86. The van der Waals surface area contributed by atoms with Gasteiger partial charge in [-0.3, -0.25) is 9.59 Å². The number of carbonyl (C=O) groups is 2. The predicted octanol–water partition coefficient (Wildman–Crippen LogP) is 1.74. The molecule has 0 unspecified atom stereocenters. The van der Waals surface area contributed by atoms with E-state index in [4.69, 9.17) is 0 Å². The third-order valence-electron chi connectivity index (χ3n) is 3.68. The molecule has 3 rings (SSSR count). The lowest BCUT2D eigenvalue weighted by Gasteiger charge is -2.17. The molecule has 2 aromatic rings. The maximum atomic E-state index is 12.2. The molecule has 0 atom stereocenters. The second-order valence-electron chi connectivity index (χ2n) is 5.22. The van der Waals surface area contributed by atoms with Gasteiger partial charge in [-0.15, -0.1) is 0 Å². The molecule has 2 aromatic carbocycles. The number of amides is 2. The van der Waals surface area contributed by atoms with Crippen LogP contribution in [0.5, 0.6) is 0 Å². The van der Waals surface area contributed by atoms with Gasteiger partial charge in [0.2, 0.25) is 5.91 Å². The molecule has 4 nitrogen and oxygen atoms in total. The molecule has 1 aliphatic heterocycles. The molecule has 0 spiro atoms. The number of hydrogen-bond donors (Lipinski definition) is 1. The van der Waals surface area contributed by atoms with E-state index in [1.165, 1.54) is 0 Å². The van der Waals surface area contributed by atoms with E-state index in [1.807, 2.05) is 54.6 Å². The summed E-state index contributed by atoms with van der Waals surface area (Å²) in [5, 5.41) is 2.56. The third-order valence-corrected chi connectivity index (χ3v) is 3.68. The van der Waals surface area contributed by atoms with Crippen molar-refractivity contribution in [1.29, 1.82) is 0 Å². The summed E-state index contributed by atoms with van der Waals surface area (Å²) in [7, 11) is 0. The highest BCUT2D eigenvalue weighted by atomic mass is 16.2. The topological polar surface area (TPSA) is 49.4 Å². The van der Waals surface area contributed by atoms with Gasteiger partial charge in [0.1, 0.15) is 0 Å². The Balaban J connectivity index is 1.56. The zero-order valence-electron chi connectivity index (χ0n) is 12.6. The number of para-hydroxylation sites is 1. The molecule has 0 radical (unpaired) electrons. The number of nitrogens with one attached hydrogen (secondary N) is 1. The average Bonchev–Trinajstić information content (AvgIpc) is 3.03. The number of carbonyl (C=O) groups excluding carboxylic acids is 2. The van der Waals surface area contributed by atoms with Crippen molar-refractivity contribution >= 4 is 17.5 Å². The van der Waals surface area contributed by atoms with E-state index in [2.05, 4.69) is 17.2 Å². The Morgan fingerprint density at radius 1 is 1.04 bits per heavy atom. The van der Waals surface area contributed by atoms with E-state index < -0.39 is 5.91 Å². The van der Waals surface area contributed by atoms with E-state index in [-0.39, 0.29) is 12.5 Å². The number of fused-ring (bicyclic) bond motifs is 1. The molecule has 23 heavy (non-hydrogen) atoms. The number of nitrogens with zero attached hydrogens (tertiary/aromatic N) is 1. The third kappa shape index (κ3) is 3.58. The fourth-order valence-corrected chi connectivity index (χ4v) is 2.54. The largest absolute Gasteiger partial charge is 0.336 e. The van der Waals surface area contributed by atoms with Crippen LogP contribution in [0.3, 0.4) is 0 Å². The first kappa shape index (κ1) is 14.9. The second kappa shape index (κ2) is 6.80. The van der Waals surface area contributed by atoms with Crippen molar-refractivity contribution in [2.75, 3.05) is 18.0 Å². The highest BCUT2D eigenvalue weighted by molar-refractivity contribution is 6.01. The molecular weight excluding hydrogens is 288 g/mol. The van der Waals surface area contributed by atoms with Crippen molar-refractivity contribution in [3.63, 3.8) is 0 Å². The van der Waals surface area contributed by atoms with E-state index in [0.29, 0.717) is 6.54 Å². The molecule has 0 saturated carbocycles. The lowest BCUT2D eigenvalue weighted by molar-refractivity contribution is -0.121. The normalized spacial score (nSPS) is 12.1. The van der Waals surface area contributed by atoms with Crippen LogP contribution in [0.2, 0.25) is 0 Å². The Morgan fingerprint density at radius 3 is 2.61 bits per heavy atom. The molecule has 4 heteroatoms. The highest BCUT2D eigenvalue weighted by Crippen LogP contribution is 2.27. The summed E-state index contributed by atoms with van der Waals surface area (Å²) >= 11 is 0. The van der Waals surface area contributed by atoms with Gasteiger partial charge >= 0.3 is 0 Å². The lowest BCUT2D eigenvalue weighted by atomic mass is 10.2. The van der Waals surface area contributed by atoms with E-state index >= 15 is 0 Å². The highest BCUT2D eigenvalue weighted by Gasteiger charge is 2.23. The summed E-state index contributed by atoms with van der Waals surface area (Å²) in [6.07, 6.45) is 0.851. The summed E-state index contributed by atoms with van der Waals surface area (Å²) in [6.45, 7) is 0.611. The quantitative estimate of drug-likeness (QED) is 0.859. The molecule has 0 bridgehead atoms. The molecule has 1 N–H and O–H groups in total. The zero-order chi connectivity index (χ0) is 16.1. The average molecular weight is 304 g/mol. The second-order valence-corrected chi connectivity index (χ2v) is 5.22. The van der Waals surface area contributed by atoms with Crippen molar-refractivity contribution in [2.24, 2.45) is 0 Å². The first-order valence-corrected chi connectivity index (χ1v) is 7.47. The minimum Gasteiger partial charge on any atom is -0.336 e. The van der Waals surface area contributed by atoms with Gasteiger partial charge in [0.25, 0.3) is 5.91 Å². The van der Waals surface area contributed by atoms with Crippen molar-refractivity contribution in [1.82, 2.24) is 5.32 Å². The van der Waals surface area contributed by atoms with Crippen molar-refractivity contribution in [3.05, 3.63) is 65.7 Å². The molecule has 0 fully saturated rings. The molecule has 1 heterocycles.